The third-order valence-corrected chi connectivity index (χ3v) is 2.27. The fraction of sp³-hybridized carbons (Fsp3) is 0.545. The van der Waals surface area contributed by atoms with Crippen LogP contribution in [0.5, 0.6) is 0 Å². The Morgan fingerprint density at radius 2 is 2.36 bits per heavy atom. The Morgan fingerprint density at radius 1 is 1.64 bits per heavy atom. The van der Waals surface area contributed by atoms with Crippen molar-refractivity contribution in [3.8, 4) is 0 Å². The summed E-state index contributed by atoms with van der Waals surface area (Å²) in [5, 5.41) is 9.55. The molecule has 1 rings (SSSR count). The van der Waals surface area contributed by atoms with E-state index in [4.69, 9.17) is 4.74 Å². The number of hydrogen-bond acceptors (Lipinski definition) is 3. The first-order chi connectivity index (χ1) is 6.58. The zero-order chi connectivity index (χ0) is 10.6. The minimum absolute atomic E-state index is 0.0817. The highest BCUT2D eigenvalue weighted by Gasteiger charge is 2.42. The maximum Gasteiger partial charge on any atom is 0.309 e. The summed E-state index contributed by atoms with van der Waals surface area (Å²) < 4.78 is 5.03. The molecule has 3 heteroatoms. The standard InChI is InChI=1S/C11H16O3/c1-3-4-5-6-7-11(2)9(12)8-10(13)14-11/h4-7,9,12H,3,8H2,1-2H3/b5-4+,7-6+/t9-,11+/m1/s1. The van der Waals surface area contributed by atoms with Crippen LogP contribution in [0.25, 0.3) is 0 Å². The van der Waals surface area contributed by atoms with E-state index in [1.165, 1.54) is 0 Å². The summed E-state index contributed by atoms with van der Waals surface area (Å²) in [6.45, 7) is 3.75. The molecule has 3 nitrogen and oxygen atoms in total. The molecule has 1 N–H and O–H groups in total. The second-order valence-electron chi connectivity index (χ2n) is 3.57. The molecule has 0 aromatic rings. The molecular weight excluding hydrogens is 180 g/mol. The Balaban J connectivity index is 2.62. The van der Waals surface area contributed by atoms with Crippen LogP contribution < -0.4 is 0 Å². The Labute approximate surface area is 84.1 Å². The molecule has 1 fully saturated rings. The lowest BCUT2D eigenvalue weighted by Crippen LogP contribution is -2.33. The highest BCUT2D eigenvalue weighted by Crippen LogP contribution is 2.27. The molecule has 2 atom stereocenters. The van der Waals surface area contributed by atoms with Crippen LogP contribution in [0.15, 0.2) is 24.3 Å². The number of rotatable bonds is 3. The van der Waals surface area contributed by atoms with Crippen LogP contribution in [0.1, 0.15) is 26.7 Å². The number of carbonyl (C=O) groups excluding carboxylic acids is 1. The molecule has 1 aliphatic rings. The minimum Gasteiger partial charge on any atom is -0.452 e. The zero-order valence-corrected chi connectivity index (χ0v) is 8.56. The summed E-state index contributed by atoms with van der Waals surface area (Å²) in [4.78, 5) is 10.9. The first kappa shape index (κ1) is 11.0. The van der Waals surface area contributed by atoms with Gasteiger partial charge >= 0.3 is 5.97 Å². The number of aliphatic hydroxyl groups is 1. The smallest absolute Gasteiger partial charge is 0.309 e. The van der Waals surface area contributed by atoms with Crippen molar-refractivity contribution in [3.05, 3.63) is 24.3 Å². The lowest BCUT2D eigenvalue weighted by atomic mass is 9.99. The third kappa shape index (κ3) is 2.45. The van der Waals surface area contributed by atoms with Crippen LogP contribution in [0.3, 0.4) is 0 Å². The van der Waals surface area contributed by atoms with Crippen molar-refractivity contribution >= 4 is 5.97 Å². The number of hydrogen-bond donors (Lipinski definition) is 1. The van der Waals surface area contributed by atoms with E-state index < -0.39 is 11.7 Å². The first-order valence-corrected chi connectivity index (χ1v) is 4.83. The normalized spacial score (nSPS) is 33.1. The molecule has 0 bridgehead atoms. The van der Waals surface area contributed by atoms with Gasteiger partial charge in [0.1, 0.15) is 6.10 Å². The number of ether oxygens (including phenoxy) is 1. The number of carbonyl (C=O) groups is 1. The molecule has 0 radical (unpaired) electrons. The number of esters is 1. The fourth-order valence-corrected chi connectivity index (χ4v) is 1.32. The van der Waals surface area contributed by atoms with Gasteiger partial charge in [0.15, 0.2) is 5.60 Å². The molecule has 0 unspecified atom stereocenters. The van der Waals surface area contributed by atoms with Crippen molar-refractivity contribution in [1.29, 1.82) is 0 Å². The summed E-state index contributed by atoms with van der Waals surface area (Å²) in [5.74, 6) is -0.343. The van der Waals surface area contributed by atoms with Crippen molar-refractivity contribution in [3.63, 3.8) is 0 Å². The van der Waals surface area contributed by atoms with Gasteiger partial charge in [0.25, 0.3) is 0 Å². The molecule has 14 heavy (non-hydrogen) atoms. The first-order valence-electron chi connectivity index (χ1n) is 4.83. The van der Waals surface area contributed by atoms with Crippen molar-refractivity contribution in [2.45, 2.75) is 38.4 Å². The van der Waals surface area contributed by atoms with E-state index in [1.54, 1.807) is 19.1 Å². The van der Waals surface area contributed by atoms with Crippen LogP contribution in [0, 0.1) is 0 Å². The van der Waals surface area contributed by atoms with E-state index in [2.05, 4.69) is 0 Å². The summed E-state index contributed by atoms with van der Waals surface area (Å²) in [7, 11) is 0. The van der Waals surface area contributed by atoms with Crippen LogP contribution in [-0.4, -0.2) is 22.8 Å². The van der Waals surface area contributed by atoms with Crippen LogP contribution in [-0.2, 0) is 9.53 Å². The summed E-state index contributed by atoms with van der Waals surface area (Å²) in [5.41, 5.74) is -0.852. The van der Waals surface area contributed by atoms with Gasteiger partial charge in [0.05, 0.1) is 6.42 Å². The molecule has 1 aliphatic heterocycles. The summed E-state index contributed by atoms with van der Waals surface area (Å²) >= 11 is 0. The predicted molar refractivity (Wildman–Crippen MR) is 53.7 cm³/mol. The third-order valence-electron chi connectivity index (χ3n) is 2.27. The zero-order valence-electron chi connectivity index (χ0n) is 8.56. The van der Waals surface area contributed by atoms with Crippen molar-refractivity contribution in [1.82, 2.24) is 0 Å². The van der Waals surface area contributed by atoms with E-state index in [9.17, 15) is 9.90 Å². The van der Waals surface area contributed by atoms with Gasteiger partial charge in [-0.25, -0.2) is 0 Å². The van der Waals surface area contributed by atoms with Gasteiger partial charge in [-0.2, -0.15) is 0 Å². The molecule has 0 aromatic carbocycles. The average Bonchev–Trinajstić information content (AvgIpc) is 2.36. The lowest BCUT2D eigenvalue weighted by Gasteiger charge is -2.21. The molecule has 0 aromatic heterocycles. The van der Waals surface area contributed by atoms with Gasteiger partial charge in [-0.05, 0) is 19.4 Å². The molecular formula is C11H16O3. The van der Waals surface area contributed by atoms with E-state index in [1.807, 2.05) is 19.1 Å². The maximum atomic E-state index is 10.9. The topological polar surface area (TPSA) is 46.5 Å². The summed E-state index contributed by atoms with van der Waals surface area (Å²) in [6.07, 6.45) is 7.69. The van der Waals surface area contributed by atoms with Gasteiger partial charge < -0.3 is 9.84 Å². The average molecular weight is 196 g/mol. The molecule has 1 heterocycles. The Bertz CT molecular complexity index is 268. The van der Waals surface area contributed by atoms with E-state index in [0.717, 1.165) is 6.42 Å². The van der Waals surface area contributed by atoms with Crippen LogP contribution in [0.2, 0.25) is 0 Å². The lowest BCUT2D eigenvalue weighted by molar-refractivity contribution is -0.145. The monoisotopic (exact) mass is 196 g/mol. The van der Waals surface area contributed by atoms with Crippen molar-refractivity contribution < 1.29 is 14.6 Å². The fourth-order valence-electron chi connectivity index (χ4n) is 1.32. The predicted octanol–water partition coefficient (Wildman–Crippen LogP) is 1.58. The van der Waals surface area contributed by atoms with E-state index in [-0.39, 0.29) is 12.4 Å². The molecule has 0 aliphatic carbocycles. The van der Waals surface area contributed by atoms with Crippen molar-refractivity contribution in [2.24, 2.45) is 0 Å². The van der Waals surface area contributed by atoms with Gasteiger partial charge in [0.2, 0.25) is 0 Å². The molecule has 0 amide bonds. The van der Waals surface area contributed by atoms with Crippen LogP contribution in [0.4, 0.5) is 0 Å². The van der Waals surface area contributed by atoms with Crippen molar-refractivity contribution in [2.75, 3.05) is 0 Å². The van der Waals surface area contributed by atoms with Gasteiger partial charge in [-0.1, -0.05) is 25.2 Å². The Kier molecular flexibility index (Phi) is 3.47. The molecule has 0 spiro atoms. The van der Waals surface area contributed by atoms with Gasteiger partial charge in [-0.3, -0.25) is 4.79 Å². The largest absolute Gasteiger partial charge is 0.452 e. The quantitative estimate of drug-likeness (QED) is 0.550. The second-order valence-corrected chi connectivity index (χ2v) is 3.57. The molecule has 78 valence electrons. The summed E-state index contributed by atoms with van der Waals surface area (Å²) in [6, 6.07) is 0. The molecule has 1 saturated heterocycles. The van der Waals surface area contributed by atoms with E-state index in [0.29, 0.717) is 0 Å². The van der Waals surface area contributed by atoms with Gasteiger partial charge in [0, 0.05) is 0 Å². The highest BCUT2D eigenvalue weighted by atomic mass is 16.6. The second kappa shape index (κ2) is 4.42. The SMILES string of the molecule is CC/C=C/C=C/[C@]1(C)OC(=O)C[C@H]1O. The molecule has 0 saturated carbocycles. The Morgan fingerprint density at radius 3 is 2.86 bits per heavy atom. The highest BCUT2D eigenvalue weighted by molar-refractivity contribution is 5.73. The van der Waals surface area contributed by atoms with E-state index >= 15 is 0 Å². The van der Waals surface area contributed by atoms with Crippen LogP contribution >= 0.6 is 0 Å². The minimum atomic E-state index is -0.852. The number of aliphatic hydroxyl groups excluding tert-OH is 1. The number of cyclic esters (lactones) is 1. The Hall–Kier alpha value is -1.09. The van der Waals surface area contributed by atoms with Gasteiger partial charge in [-0.15, -0.1) is 0 Å². The maximum absolute atomic E-state index is 10.9. The number of allylic oxidation sites excluding steroid dienone is 3.